The average Bonchev–Trinajstić information content (AvgIpc) is 2.94. The minimum absolute atomic E-state index is 0.0452. The molecule has 1 heterocycles. The van der Waals surface area contributed by atoms with Crippen LogP contribution in [0, 0.1) is 5.92 Å². The van der Waals surface area contributed by atoms with Crippen molar-refractivity contribution in [2.45, 2.75) is 52.6 Å². The summed E-state index contributed by atoms with van der Waals surface area (Å²) in [6.45, 7) is 6.08. The Balaban J connectivity index is 2.64. The van der Waals surface area contributed by atoms with Crippen molar-refractivity contribution in [3.63, 3.8) is 0 Å². The van der Waals surface area contributed by atoms with Crippen LogP contribution in [0.3, 0.4) is 0 Å². The van der Waals surface area contributed by atoms with Gasteiger partial charge in [0.15, 0.2) is 0 Å². The number of nitrogens with one attached hydrogen (secondary N) is 2. The Labute approximate surface area is 132 Å². The number of furan rings is 1. The first-order chi connectivity index (χ1) is 10.3. The summed E-state index contributed by atoms with van der Waals surface area (Å²) in [6, 6.07) is 2.74. The zero-order chi connectivity index (χ0) is 16.6. The molecule has 126 valence electrons. The summed E-state index contributed by atoms with van der Waals surface area (Å²) in [5, 5.41) is 2.71. The second-order valence-electron chi connectivity index (χ2n) is 5.77. The van der Waals surface area contributed by atoms with Gasteiger partial charge >= 0.3 is 0 Å². The number of carbonyl (C=O) groups excluding carboxylic acids is 1. The molecule has 1 aromatic rings. The third-order valence-corrected chi connectivity index (χ3v) is 4.60. The highest BCUT2D eigenvalue weighted by Crippen LogP contribution is 2.08. The Kier molecular flexibility index (Phi) is 7.61. The highest BCUT2D eigenvalue weighted by atomic mass is 32.2. The minimum atomic E-state index is -3.44. The van der Waals surface area contributed by atoms with E-state index < -0.39 is 16.1 Å². The fraction of sp³-hybridized carbons (Fsp3) is 0.667. The van der Waals surface area contributed by atoms with Gasteiger partial charge in [0.05, 0.1) is 18.6 Å². The number of unbranched alkanes of at least 4 members (excludes halogenated alkanes) is 1. The molecule has 0 aliphatic carbocycles. The van der Waals surface area contributed by atoms with Gasteiger partial charge in [0.2, 0.25) is 15.9 Å². The lowest BCUT2D eigenvalue weighted by atomic mass is 10.0. The van der Waals surface area contributed by atoms with Crippen molar-refractivity contribution in [1.29, 1.82) is 0 Å². The molecule has 0 aliphatic rings. The van der Waals surface area contributed by atoms with Crippen molar-refractivity contribution >= 4 is 15.9 Å². The maximum Gasteiger partial charge on any atom is 0.238 e. The van der Waals surface area contributed by atoms with Gasteiger partial charge < -0.3 is 9.73 Å². The zero-order valence-electron chi connectivity index (χ0n) is 13.5. The molecule has 2 N–H and O–H groups in total. The van der Waals surface area contributed by atoms with Crippen LogP contribution in [0.15, 0.2) is 22.8 Å². The van der Waals surface area contributed by atoms with Crippen LogP contribution in [-0.4, -0.2) is 26.1 Å². The first-order valence-corrected chi connectivity index (χ1v) is 9.29. The largest absolute Gasteiger partial charge is 0.467 e. The summed E-state index contributed by atoms with van der Waals surface area (Å²) in [7, 11) is -3.44. The molecule has 6 nitrogen and oxygen atoms in total. The Bertz CT molecular complexity index is 538. The van der Waals surface area contributed by atoms with E-state index in [1.54, 1.807) is 12.1 Å². The SMILES string of the molecule is CCCCS(=O)(=O)N[C@@H](CC(C)C)C(=O)NCc1ccco1. The first-order valence-electron chi connectivity index (χ1n) is 7.64. The minimum Gasteiger partial charge on any atom is -0.467 e. The fourth-order valence-electron chi connectivity index (χ4n) is 2.00. The topological polar surface area (TPSA) is 88.4 Å². The van der Waals surface area contributed by atoms with Gasteiger partial charge in [-0.1, -0.05) is 27.2 Å². The quantitative estimate of drug-likeness (QED) is 0.687. The summed E-state index contributed by atoms with van der Waals surface area (Å²) < 4.78 is 31.7. The van der Waals surface area contributed by atoms with Gasteiger partial charge in [-0.2, -0.15) is 0 Å². The van der Waals surface area contributed by atoms with Gasteiger partial charge in [-0.15, -0.1) is 0 Å². The van der Waals surface area contributed by atoms with Gasteiger partial charge in [-0.3, -0.25) is 4.79 Å². The van der Waals surface area contributed by atoms with E-state index in [2.05, 4.69) is 10.0 Å². The molecule has 0 aliphatic heterocycles. The molecule has 0 radical (unpaired) electrons. The maximum atomic E-state index is 12.2. The van der Waals surface area contributed by atoms with Crippen LogP contribution < -0.4 is 10.0 Å². The van der Waals surface area contributed by atoms with Crippen LogP contribution in [0.4, 0.5) is 0 Å². The molecule has 0 bridgehead atoms. The van der Waals surface area contributed by atoms with E-state index in [-0.39, 0.29) is 24.1 Å². The Hall–Kier alpha value is -1.34. The van der Waals surface area contributed by atoms with Crippen LogP contribution in [-0.2, 0) is 21.4 Å². The van der Waals surface area contributed by atoms with Gasteiger partial charge in [-0.25, -0.2) is 13.1 Å². The molecule has 0 spiro atoms. The van der Waals surface area contributed by atoms with Gasteiger partial charge in [-0.05, 0) is 30.9 Å². The van der Waals surface area contributed by atoms with E-state index in [1.807, 2.05) is 20.8 Å². The molecule has 0 saturated heterocycles. The molecule has 1 amide bonds. The summed E-state index contributed by atoms with van der Waals surface area (Å²) in [5.74, 6) is 0.549. The number of carbonyl (C=O) groups is 1. The molecule has 1 rings (SSSR count). The molecule has 0 fully saturated rings. The van der Waals surface area contributed by atoms with Crippen molar-refractivity contribution in [3.8, 4) is 0 Å². The summed E-state index contributed by atoms with van der Waals surface area (Å²) >= 11 is 0. The molecular weight excluding hydrogens is 304 g/mol. The third-order valence-electron chi connectivity index (χ3n) is 3.13. The third kappa shape index (κ3) is 7.09. The predicted molar refractivity (Wildman–Crippen MR) is 85.6 cm³/mol. The highest BCUT2D eigenvalue weighted by molar-refractivity contribution is 7.89. The molecule has 0 aromatic carbocycles. The standard InChI is InChI=1S/C15H26N2O4S/c1-4-5-9-22(19,20)17-14(10-12(2)3)15(18)16-11-13-7-6-8-21-13/h6-8,12,14,17H,4-5,9-11H2,1-3H3,(H,16,18)/t14-/m0/s1. The van der Waals surface area contributed by atoms with E-state index in [9.17, 15) is 13.2 Å². The van der Waals surface area contributed by atoms with Crippen LogP contribution >= 0.6 is 0 Å². The molecule has 1 atom stereocenters. The Morgan fingerprint density at radius 3 is 2.64 bits per heavy atom. The highest BCUT2D eigenvalue weighted by Gasteiger charge is 2.25. The van der Waals surface area contributed by atoms with Crippen LogP contribution in [0.25, 0.3) is 0 Å². The fourth-order valence-corrected chi connectivity index (χ4v) is 3.42. The first kappa shape index (κ1) is 18.7. The van der Waals surface area contributed by atoms with Gasteiger partial charge in [0.25, 0.3) is 0 Å². The second kappa shape index (κ2) is 8.95. The normalized spacial score (nSPS) is 13.3. The predicted octanol–water partition coefficient (Wildman–Crippen LogP) is 2.03. The summed E-state index contributed by atoms with van der Waals surface area (Å²) in [5.41, 5.74) is 0. The number of hydrogen-bond acceptors (Lipinski definition) is 4. The molecule has 1 aromatic heterocycles. The van der Waals surface area contributed by atoms with Gasteiger partial charge in [0, 0.05) is 0 Å². The van der Waals surface area contributed by atoms with Crippen LogP contribution in [0.2, 0.25) is 0 Å². The average molecular weight is 330 g/mol. The van der Waals surface area contributed by atoms with E-state index >= 15 is 0 Å². The second-order valence-corrected chi connectivity index (χ2v) is 7.64. The lowest BCUT2D eigenvalue weighted by molar-refractivity contribution is -0.123. The number of hydrogen-bond donors (Lipinski definition) is 2. The number of amides is 1. The van der Waals surface area contributed by atoms with Crippen LogP contribution in [0.1, 0.15) is 45.8 Å². The molecule has 22 heavy (non-hydrogen) atoms. The molecule has 7 heteroatoms. The smallest absolute Gasteiger partial charge is 0.238 e. The van der Waals surface area contributed by atoms with E-state index in [0.717, 1.165) is 6.42 Å². The Morgan fingerprint density at radius 1 is 1.36 bits per heavy atom. The zero-order valence-corrected chi connectivity index (χ0v) is 14.3. The number of sulfonamides is 1. The lowest BCUT2D eigenvalue weighted by Crippen LogP contribution is -2.47. The van der Waals surface area contributed by atoms with Crippen molar-refractivity contribution < 1.29 is 17.6 Å². The molecular formula is C15H26N2O4S. The summed E-state index contributed by atoms with van der Waals surface area (Å²) in [4.78, 5) is 12.2. The van der Waals surface area contributed by atoms with E-state index in [0.29, 0.717) is 18.6 Å². The van der Waals surface area contributed by atoms with E-state index in [4.69, 9.17) is 4.42 Å². The van der Waals surface area contributed by atoms with Crippen molar-refractivity contribution in [1.82, 2.24) is 10.0 Å². The van der Waals surface area contributed by atoms with Crippen molar-refractivity contribution in [2.24, 2.45) is 5.92 Å². The molecule has 0 unspecified atom stereocenters. The van der Waals surface area contributed by atoms with Crippen molar-refractivity contribution in [2.75, 3.05) is 5.75 Å². The maximum absolute atomic E-state index is 12.2. The summed E-state index contributed by atoms with van der Waals surface area (Å²) in [6.07, 6.45) is 3.36. The van der Waals surface area contributed by atoms with Gasteiger partial charge in [0.1, 0.15) is 11.8 Å². The molecule has 0 saturated carbocycles. The lowest BCUT2D eigenvalue weighted by Gasteiger charge is -2.20. The van der Waals surface area contributed by atoms with E-state index in [1.165, 1.54) is 6.26 Å². The van der Waals surface area contributed by atoms with Crippen LogP contribution in [0.5, 0.6) is 0 Å². The Morgan fingerprint density at radius 2 is 2.09 bits per heavy atom. The number of rotatable bonds is 10. The van der Waals surface area contributed by atoms with Crippen molar-refractivity contribution in [3.05, 3.63) is 24.2 Å². The monoisotopic (exact) mass is 330 g/mol.